The van der Waals surface area contributed by atoms with Gasteiger partial charge in [-0.2, -0.15) is 0 Å². The summed E-state index contributed by atoms with van der Waals surface area (Å²) in [4.78, 5) is 4.99. The summed E-state index contributed by atoms with van der Waals surface area (Å²) in [6.07, 6.45) is 0. The van der Waals surface area contributed by atoms with Gasteiger partial charge in [0.2, 0.25) is 0 Å². The Balaban J connectivity index is 1.89. The second-order valence-corrected chi connectivity index (χ2v) is 5.52. The van der Waals surface area contributed by atoms with E-state index in [0.717, 1.165) is 45.0 Å². The molecule has 4 heteroatoms. The molecule has 4 nitrogen and oxygen atoms in total. The van der Waals surface area contributed by atoms with Crippen LogP contribution in [-0.4, -0.2) is 56.7 Å². The standard InChI is InChI=1S/C15H23N3O/c1-17-6-8-18(9-7-17)13-11-16-10-12-4-3-5-14(19-2)15(12)13/h3-5,13,16H,6-11H2,1-2H3/t13-/m1/s1. The van der Waals surface area contributed by atoms with Crippen molar-refractivity contribution in [3.8, 4) is 5.75 Å². The normalized spacial score (nSPS) is 25.1. The van der Waals surface area contributed by atoms with Crippen LogP contribution in [0.2, 0.25) is 0 Å². The number of piperazine rings is 1. The molecule has 3 rings (SSSR count). The van der Waals surface area contributed by atoms with Crippen LogP contribution < -0.4 is 10.1 Å². The number of nitrogens with zero attached hydrogens (tertiary/aromatic N) is 2. The molecule has 0 saturated carbocycles. The van der Waals surface area contributed by atoms with Crippen molar-refractivity contribution in [2.75, 3.05) is 46.9 Å². The molecule has 0 amide bonds. The first-order chi connectivity index (χ1) is 9.29. The van der Waals surface area contributed by atoms with Crippen molar-refractivity contribution in [2.45, 2.75) is 12.6 Å². The number of hydrogen-bond donors (Lipinski definition) is 1. The minimum absolute atomic E-state index is 0.452. The van der Waals surface area contributed by atoms with Crippen LogP contribution in [0.3, 0.4) is 0 Å². The number of ether oxygens (including phenoxy) is 1. The lowest BCUT2D eigenvalue weighted by Gasteiger charge is -2.41. The fourth-order valence-corrected chi connectivity index (χ4v) is 3.19. The summed E-state index contributed by atoms with van der Waals surface area (Å²) in [5.41, 5.74) is 2.78. The third-order valence-electron chi connectivity index (χ3n) is 4.34. The zero-order valence-electron chi connectivity index (χ0n) is 11.9. The number of rotatable bonds is 2. The van der Waals surface area contributed by atoms with Gasteiger partial charge in [0, 0.05) is 44.8 Å². The molecule has 104 valence electrons. The molecule has 0 unspecified atom stereocenters. The smallest absolute Gasteiger partial charge is 0.124 e. The van der Waals surface area contributed by atoms with Crippen LogP contribution in [0.5, 0.6) is 5.75 Å². The fraction of sp³-hybridized carbons (Fsp3) is 0.600. The Kier molecular flexibility index (Phi) is 3.73. The molecular weight excluding hydrogens is 238 g/mol. The van der Waals surface area contributed by atoms with Gasteiger partial charge in [0.05, 0.1) is 13.2 Å². The van der Waals surface area contributed by atoms with Gasteiger partial charge < -0.3 is 15.0 Å². The van der Waals surface area contributed by atoms with Gasteiger partial charge in [-0.25, -0.2) is 0 Å². The maximum atomic E-state index is 5.59. The van der Waals surface area contributed by atoms with Crippen molar-refractivity contribution < 1.29 is 4.74 Å². The highest BCUT2D eigenvalue weighted by atomic mass is 16.5. The van der Waals surface area contributed by atoms with E-state index in [9.17, 15) is 0 Å². The molecule has 1 saturated heterocycles. The Hall–Kier alpha value is -1.10. The van der Waals surface area contributed by atoms with E-state index in [1.807, 2.05) is 0 Å². The number of hydrogen-bond acceptors (Lipinski definition) is 4. The number of nitrogens with one attached hydrogen (secondary N) is 1. The SMILES string of the molecule is COc1cccc2c1[C@H](N1CCN(C)CC1)CNC2. The second-order valence-electron chi connectivity index (χ2n) is 5.52. The molecule has 0 aliphatic carbocycles. The van der Waals surface area contributed by atoms with Crippen LogP contribution in [0.15, 0.2) is 18.2 Å². The van der Waals surface area contributed by atoms with Crippen molar-refractivity contribution in [2.24, 2.45) is 0 Å². The highest BCUT2D eigenvalue weighted by Crippen LogP contribution is 2.35. The quantitative estimate of drug-likeness (QED) is 0.862. The predicted molar refractivity (Wildman–Crippen MR) is 76.5 cm³/mol. The Morgan fingerprint density at radius 3 is 2.74 bits per heavy atom. The molecule has 2 aliphatic heterocycles. The molecule has 1 N–H and O–H groups in total. The first kappa shape index (κ1) is 12.9. The molecule has 2 aliphatic rings. The summed E-state index contributed by atoms with van der Waals surface area (Å²) in [7, 11) is 3.98. The minimum Gasteiger partial charge on any atom is -0.496 e. The number of likely N-dealkylation sites (N-methyl/N-ethyl adjacent to an activating group) is 1. The molecule has 2 heterocycles. The van der Waals surface area contributed by atoms with E-state index in [0.29, 0.717) is 6.04 Å². The average Bonchev–Trinajstić information content (AvgIpc) is 2.47. The van der Waals surface area contributed by atoms with E-state index in [4.69, 9.17) is 4.74 Å². The largest absolute Gasteiger partial charge is 0.496 e. The molecule has 0 bridgehead atoms. The van der Waals surface area contributed by atoms with E-state index >= 15 is 0 Å². The van der Waals surface area contributed by atoms with Crippen LogP contribution >= 0.6 is 0 Å². The van der Waals surface area contributed by atoms with Gasteiger partial charge >= 0.3 is 0 Å². The molecule has 1 aromatic carbocycles. The van der Waals surface area contributed by atoms with E-state index in [1.54, 1.807) is 7.11 Å². The van der Waals surface area contributed by atoms with E-state index in [1.165, 1.54) is 11.1 Å². The van der Waals surface area contributed by atoms with Crippen molar-refractivity contribution in [3.05, 3.63) is 29.3 Å². The van der Waals surface area contributed by atoms with Gasteiger partial charge in [0.25, 0.3) is 0 Å². The summed E-state index contributed by atoms with van der Waals surface area (Å²) >= 11 is 0. The van der Waals surface area contributed by atoms with Gasteiger partial charge in [0.15, 0.2) is 0 Å². The van der Waals surface area contributed by atoms with E-state index in [-0.39, 0.29) is 0 Å². The van der Waals surface area contributed by atoms with Crippen LogP contribution in [0.4, 0.5) is 0 Å². The zero-order valence-corrected chi connectivity index (χ0v) is 11.9. The summed E-state index contributed by atoms with van der Waals surface area (Å²) < 4.78 is 5.59. The van der Waals surface area contributed by atoms with Crippen LogP contribution in [0.25, 0.3) is 0 Å². The Labute approximate surface area is 115 Å². The third-order valence-corrected chi connectivity index (χ3v) is 4.34. The summed E-state index contributed by atoms with van der Waals surface area (Å²) in [6.45, 7) is 6.57. The molecule has 1 fully saturated rings. The van der Waals surface area contributed by atoms with Gasteiger partial charge in [-0.1, -0.05) is 12.1 Å². The van der Waals surface area contributed by atoms with Crippen LogP contribution in [0.1, 0.15) is 17.2 Å². The van der Waals surface area contributed by atoms with Crippen LogP contribution in [0, 0.1) is 0 Å². The zero-order chi connectivity index (χ0) is 13.2. The van der Waals surface area contributed by atoms with Crippen molar-refractivity contribution >= 4 is 0 Å². The van der Waals surface area contributed by atoms with Crippen molar-refractivity contribution in [1.29, 1.82) is 0 Å². The monoisotopic (exact) mass is 261 g/mol. The van der Waals surface area contributed by atoms with Crippen molar-refractivity contribution in [1.82, 2.24) is 15.1 Å². The summed E-state index contributed by atoms with van der Waals surface area (Å²) in [5, 5.41) is 3.54. The van der Waals surface area contributed by atoms with Crippen molar-refractivity contribution in [3.63, 3.8) is 0 Å². The Morgan fingerprint density at radius 1 is 1.21 bits per heavy atom. The van der Waals surface area contributed by atoms with Crippen LogP contribution in [-0.2, 0) is 6.54 Å². The minimum atomic E-state index is 0.452. The van der Waals surface area contributed by atoms with E-state index < -0.39 is 0 Å². The number of benzene rings is 1. The molecular formula is C15H23N3O. The number of methoxy groups -OCH3 is 1. The highest BCUT2D eigenvalue weighted by molar-refractivity contribution is 5.44. The Bertz CT molecular complexity index is 427. The molecule has 1 aromatic rings. The molecule has 1 atom stereocenters. The lowest BCUT2D eigenvalue weighted by atomic mass is 9.94. The van der Waals surface area contributed by atoms with Gasteiger partial charge in [-0.15, -0.1) is 0 Å². The first-order valence-corrected chi connectivity index (χ1v) is 7.08. The summed E-state index contributed by atoms with van der Waals surface area (Å²) in [6, 6.07) is 6.85. The lowest BCUT2D eigenvalue weighted by Crippen LogP contribution is -2.49. The maximum absolute atomic E-state index is 5.59. The molecule has 0 aromatic heterocycles. The molecule has 19 heavy (non-hydrogen) atoms. The van der Waals surface area contributed by atoms with Gasteiger partial charge in [-0.05, 0) is 18.7 Å². The van der Waals surface area contributed by atoms with Gasteiger partial charge in [-0.3, -0.25) is 4.90 Å². The highest BCUT2D eigenvalue weighted by Gasteiger charge is 2.30. The maximum Gasteiger partial charge on any atom is 0.124 e. The number of fused-ring (bicyclic) bond motifs is 1. The van der Waals surface area contributed by atoms with Gasteiger partial charge in [0.1, 0.15) is 5.75 Å². The lowest BCUT2D eigenvalue weighted by molar-refractivity contribution is 0.105. The summed E-state index contributed by atoms with van der Waals surface area (Å²) in [5.74, 6) is 1.04. The average molecular weight is 261 g/mol. The first-order valence-electron chi connectivity index (χ1n) is 7.08. The fourth-order valence-electron chi connectivity index (χ4n) is 3.19. The third kappa shape index (κ3) is 2.48. The predicted octanol–water partition coefficient (Wildman–Crippen LogP) is 1.09. The molecule has 0 spiro atoms. The second kappa shape index (κ2) is 5.49. The van der Waals surface area contributed by atoms with E-state index in [2.05, 4.69) is 40.4 Å². The Morgan fingerprint density at radius 2 is 2.00 bits per heavy atom. The molecule has 0 radical (unpaired) electrons. The topological polar surface area (TPSA) is 27.7 Å².